The van der Waals surface area contributed by atoms with Crippen LogP contribution >= 0.6 is 0 Å². The van der Waals surface area contributed by atoms with Crippen LogP contribution in [0.1, 0.15) is 18.9 Å². The van der Waals surface area contributed by atoms with Crippen molar-refractivity contribution in [2.24, 2.45) is 0 Å². The molecule has 0 saturated carbocycles. The Labute approximate surface area is 187 Å². The van der Waals surface area contributed by atoms with Gasteiger partial charge in [0.05, 0.1) is 4.90 Å². The minimum atomic E-state index is -3.61. The van der Waals surface area contributed by atoms with Gasteiger partial charge in [0.1, 0.15) is 5.75 Å². The molecule has 0 aromatic heterocycles. The molecule has 2 amide bonds. The number of sulfonamides is 1. The summed E-state index contributed by atoms with van der Waals surface area (Å²) in [6, 6.07) is 13.0. The number of aryl methyl sites for hydroxylation is 1. The van der Waals surface area contributed by atoms with Gasteiger partial charge in [-0.3, -0.25) is 0 Å². The minimum Gasteiger partial charge on any atom is -0.482 e. The molecule has 0 bridgehead atoms. The fourth-order valence-electron chi connectivity index (χ4n) is 3.41. The lowest BCUT2D eigenvalue weighted by Crippen LogP contribution is -2.51. The number of rotatable bonds is 8. The van der Waals surface area contributed by atoms with Crippen LogP contribution in [0.2, 0.25) is 0 Å². The lowest BCUT2D eigenvalue weighted by molar-refractivity contribution is -0.139. The van der Waals surface area contributed by atoms with E-state index < -0.39 is 22.6 Å². The van der Waals surface area contributed by atoms with Crippen molar-refractivity contribution in [1.29, 1.82) is 0 Å². The van der Waals surface area contributed by atoms with Crippen LogP contribution in [0.5, 0.6) is 5.75 Å². The van der Waals surface area contributed by atoms with E-state index in [4.69, 9.17) is 9.84 Å². The molecular formula is C22H27N3O6S. The van der Waals surface area contributed by atoms with Gasteiger partial charge in [-0.1, -0.05) is 31.5 Å². The van der Waals surface area contributed by atoms with Crippen LogP contribution in [0, 0.1) is 0 Å². The van der Waals surface area contributed by atoms with Crippen LogP contribution in [-0.2, 0) is 21.2 Å². The highest BCUT2D eigenvalue weighted by molar-refractivity contribution is 7.89. The Balaban J connectivity index is 1.56. The summed E-state index contributed by atoms with van der Waals surface area (Å²) in [5.41, 5.74) is 1.56. The molecule has 0 unspecified atom stereocenters. The van der Waals surface area contributed by atoms with E-state index in [9.17, 15) is 18.0 Å². The standard InChI is InChI=1S/C22H27N3O6S/c1-2-4-17-7-9-20(10-8-17)32(29,30)25-13-11-24(12-14-25)22(28)23-18-5-3-6-19(15-18)31-16-21(26)27/h3,5-10,15H,2,4,11-14,16H2,1H3,(H,23,28)(H,26,27). The molecule has 3 rings (SSSR count). The van der Waals surface area contributed by atoms with Gasteiger partial charge in [-0.25, -0.2) is 18.0 Å². The van der Waals surface area contributed by atoms with Crippen LogP contribution in [0.4, 0.5) is 10.5 Å². The van der Waals surface area contributed by atoms with Crippen molar-refractivity contribution < 1.29 is 27.9 Å². The maximum atomic E-state index is 12.9. The van der Waals surface area contributed by atoms with Crippen LogP contribution in [0.25, 0.3) is 0 Å². The lowest BCUT2D eigenvalue weighted by atomic mass is 10.1. The Morgan fingerprint density at radius 3 is 2.38 bits per heavy atom. The summed E-state index contributed by atoms with van der Waals surface area (Å²) in [6.07, 6.45) is 1.90. The van der Waals surface area contributed by atoms with E-state index in [-0.39, 0.29) is 37.1 Å². The second-order valence-corrected chi connectivity index (χ2v) is 9.36. The molecule has 1 fully saturated rings. The van der Waals surface area contributed by atoms with Gasteiger partial charge < -0.3 is 20.1 Å². The van der Waals surface area contributed by atoms with Crippen molar-refractivity contribution in [2.75, 3.05) is 38.1 Å². The van der Waals surface area contributed by atoms with E-state index >= 15 is 0 Å². The summed E-state index contributed by atoms with van der Waals surface area (Å²) < 4.78 is 32.4. The molecule has 1 heterocycles. The number of urea groups is 1. The normalized spacial score (nSPS) is 14.7. The molecule has 32 heavy (non-hydrogen) atoms. The van der Waals surface area contributed by atoms with Gasteiger partial charge >= 0.3 is 12.0 Å². The van der Waals surface area contributed by atoms with E-state index in [0.717, 1.165) is 18.4 Å². The van der Waals surface area contributed by atoms with Crippen LogP contribution in [0.3, 0.4) is 0 Å². The zero-order valence-electron chi connectivity index (χ0n) is 17.9. The number of carboxylic acids is 1. The summed E-state index contributed by atoms with van der Waals surface area (Å²) >= 11 is 0. The molecule has 10 heteroatoms. The van der Waals surface area contributed by atoms with Gasteiger partial charge in [0, 0.05) is 37.9 Å². The minimum absolute atomic E-state index is 0.203. The second-order valence-electron chi connectivity index (χ2n) is 7.43. The molecule has 2 N–H and O–H groups in total. The molecule has 0 radical (unpaired) electrons. The first kappa shape index (κ1) is 23.6. The van der Waals surface area contributed by atoms with Crippen LogP contribution in [0.15, 0.2) is 53.4 Å². The van der Waals surface area contributed by atoms with Crippen molar-refractivity contribution in [3.63, 3.8) is 0 Å². The Kier molecular flexibility index (Phi) is 7.70. The second kappa shape index (κ2) is 10.5. The van der Waals surface area contributed by atoms with Crippen molar-refractivity contribution in [1.82, 2.24) is 9.21 Å². The lowest BCUT2D eigenvalue weighted by Gasteiger charge is -2.34. The Morgan fingerprint density at radius 1 is 1.06 bits per heavy atom. The smallest absolute Gasteiger partial charge is 0.341 e. The SMILES string of the molecule is CCCc1ccc(S(=O)(=O)N2CCN(C(=O)Nc3cccc(OCC(=O)O)c3)CC2)cc1. The number of aliphatic carboxylic acids is 1. The Bertz CT molecular complexity index is 1050. The topological polar surface area (TPSA) is 116 Å². The van der Waals surface area contributed by atoms with Crippen LogP contribution < -0.4 is 10.1 Å². The molecule has 1 saturated heterocycles. The van der Waals surface area contributed by atoms with E-state index in [1.165, 1.54) is 10.4 Å². The maximum absolute atomic E-state index is 12.9. The zero-order chi connectivity index (χ0) is 23.1. The van der Waals surface area contributed by atoms with Gasteiger partial charge in [0.25, 0.3) is 0 Å². The number of carboxylic acid groups (broad SMARTS) is 1. The Morgan fingerprint density at radius 2 is 1.75 bits per heavy atom. The third kappa shape index (κ3) is 5.98. The number of nitrogens with one attached hydrogen (secondary N) is 1. The van der Waals surface area contributed by atoms with Crippen molar-refractivity contribution in [3.05, 3.63) is 54.1 Å². The summed E-state index contributed by atoms with van der Waals surface area (Å²) in [7, 11) is -3.61. The number of hydrogen-bond donors (Lipinski definition) is 2. The van der Waals surface area contributed by atoms with Gasteiger partial charge in [-0.2, -0.15) is 4.31 Å². The molecule has 0 aliphatic carbocycles. The van der Waals surface area contributed by atoms with E-state index in [1.807, 2.05) is 12.1 Å². The first-order chi connectivity index (χ1) is 15.3. The largest absolute Gasteiger partial charge is 0.482 e. The van der Waals surface area contributed by atoms with Gasteiger partial charge in [0.2, 0.25) is 10.0 Å². The first-order valence-corrected chi connectivity index (χ1v) is 11.8. The van der Waals surface area contributed by atoms with Crippen molar-refractivity contribution >= 4 is 27.7 Å². The fraction of sp³-hybridized carbons (Fsp3) is 0.364. The van der Waals surface area contributed by atoms with Crippen molar-refractivity contribution in [3.8, 4) is 5.75 Å². The number of carbonyl (C=O) groups excluding carboxylic acids is 1. The molecule has 0 spiro atoms. The molecule has 2 aromatic rings. The average molecular weight is 462 g/mol. The van der Waals surface area contributed by atoms with E-state index in [2.05, 4.69) is 12.2 Å². The molecule has 1 aliphatic rings. The molecule has 1 aliphatic heterocycles. The number of hydrogen-bond acceptors (Lipinski definition) is 5. The summed E-state index contributed by atoms with van der Waals surface area (Å²) in [5, 5.41) is 11.4. The number of amides is 2. The molecule has 0 atom stereocenters. The zero-order valence-corrected chi connectivity index (χ0v) is 18.7. The van der Waals surface area contributed by atoms with Gasteiger partial charge in [-0.15, -0.1) is 0 Å². The van der Waals surface area contributed by atoms with Gasteiger partial charge in [-0.05, 0) is 36.2 Å². The average Bonchev–Trinajstić information content (AvgIpc) is 2.78. The fourth-order valence-corrected chi connectivity index (χ4v) is 4.83. The number of nitrogens with zero attached hydrogens (tertiary/aromatic N) is 2. The number of benzene rings is 2. The molecule has 2 aromatic carbocycles. The summed E-state index contributed by atoms with van der Waals surface area (Å²) in [4.78, 5) is 25.0. The maximum Gasteiger partial charge on any atom is 0.341 e. The predicted molar refractivity (Wildman–Crippen MR) is 119 cm³/mol. The number of carbonyl (C=O) groups is 2. The van der Waals surface area contributed by atoms with Crippen molar-refractivity contribution in [2.45, 2.75) is 24.7 Å². The summed E-state index contributed by atoms with van der Waals surface area (Å²) in [5.74, 6) is -0.768. The highest BCUT2D eigenvalue weighted by Crippen LogP contribution is 2.21. The Hall–Kier alpha value is -3.11. The number of piperazine rings is 1. The molecule has 9 nitrogen and oxygen atoms in total. The molecule has 172 valence electrons. The molecular weight excluding hydrogens is 434 g/mol. The van der Waals surface area contributed by atoms with Crippen LogP contribution in [-0.4, -0.2) is 67.5 Å². The number of anilines is 1. The quantitative estimate of drug-likeness (QED) is 0.624. The van der Waals surface area contributed by atoms with E-state index in [1.54, 1.807) is 35.2 Å². The predicted octanol–water partition coefficient (Wildman–Crippen LogP) is 2.64. The summed E-state index contributed by atoms with van der Waals surface area (Å²) in [6.45, 7) is 2.52. The number of ether oxygens (including phenoxy) is 1. The highest BCUT2D eigenvalue weighted by Gasteiger charge is 2.30. The first-order valence-electron chi connectivity index (χ1n) is 10.4. The van der Waals surface area contributed by atoms with E-state index in [0.29, 0.717) is 11.4 Å². The third-order valence-corrected chi connectivity index (χ3v) is 6.99. The monoisotopic (exact) mass is 461 g/mol. The third-order valence-electron chi connectivity index (χ3n) is 5.07. The van der Waals surface area contributed by atoms with Gasteiger partial charge in [0.15, 0.2) is 6.61 Å². The highest BCUT2D eigenvalue weighted by atomic mass is 32.2.